The van der Waals surface area contributed by atoms with Crippen molar-refractivity contribution >= 4 is 23.6 Å². The minimum atomic E-state index is 0.401. The average molecular weight is 493 g/mol. The van der Waals surface area contributed by atoms with Crippen LogP contribution in [0.25, 0.3) is 28.9 Å². The molecule has 1 heterocycles. The maximum atomic E-state index is 5.96. The van der Waals surface area contributed by atoms with E-state index in [9.17, 15) is 0 Å². The number of nitrogens with zero attached hydrogens (tertiary/aromatic N) is 3. The summed E-state index contributed by atoms with van der Waals surface area (Å²) < 4.78 is 8.12. The third-order valence-corrected chi connectivity index (χ3v) is 6.14. The van der Waals surface area contributed by atoms with Crippen LogP contribution in [-0.2, 0) is 6.54 Å². The Morgan fingerprint density at radius 1 is 0.946 bits per heavy atom. The number of aromatic nitrogens is 2. The normalized spacial score (nSPS) is 12.2. The first kappa shape index (κ1) is 25.5. The molecular weight excluding hydrogens is 460 g/mol. The first-order valence-corrected chi connectivity index (χ1v) is 12.2. The van der Waals surface area contributed by atoms with Crippen molar-refractivity contribution in [2.24, 2.45) is 16.8 Å². The zero-order valence-electron chi connectivity index (χ0n) is 21.3. The molecule has 7 nitrogen and oxygen atoms in total. The summed E-state index contributed by atoms with van der Waals surface area (Å²) in [6.07, 6.45) is 8.35. The number of hydrogen-bond acceptors (Lipinski definition) is 5. The molecule has 1 aromatic heterocycles. The minimum absolute atomic E-state index is 0.401. The number of ether oxygens (including phenoxy) is 1. The highest BCUT2D eigenvalue weighted by atomic mass is 16.5. The van der Waals surface area contributed by atoms with Crippen molar-refractivity contribution < 1.29 is 4.74 Å². The third-order valence-electron chi connectivity index (χ3n) is 6.14. The highest BCUT2D eigenvalue weighted by molar-refractivity contribution is 5.98. The summed E-state index contributed by atoms with van der Waals surface area (Å²) in [6.45, 7) is 7.12. The van der Waals surface area contributed by atoms with Crippen LogP contribution in [0.15, 0.2) is 90.2 Å². The zero-order valence-corrected chi connectivity index (χ0v) is 21.3. The van der Waals surface area contributed by atoms with Crippen LogP contribution in [0, 0.1) is 0 Å². The van der Waals surface area contributed by atoms with Crippen molar-refractivity contribution in [3.63, 3.8) is 0 Å². The summed E-state index contributed by atoms with van der Waals surface area (Å²) >= 11 is 0. The molecule has 0 amide bonds. The molecule has 0 aliphatic carbocycles. The summed E-state index contributed by atoms with van der Waals surface area (Å²) in [4.78, 5) is 4.77. The number of imidazole rings is 1. The van der Waals surface area contributed by atoms with E-state index >= 15 is 0 Å². The topological polar surface area (TPSA) is 103 Å². The number of amidine groups is 1. The maximum absolute atomic E-state index is 5.96. The van der Waals surface area contributed by atoms with Gasteiger partial charge in [0.25, 0.3) is 0 Å². The van der Waals surface area contributed by atoms with E-state index in [-0.39, 0.29) is 0 Å². The molecule has 0 saturated heterocycles. The van der Waals surface area contributed by atoms with Gasteiger partial charge in [0.05, 0.1) is 5.69 Å². The number of nitrogens with one attached hydrogen (secondary N) is 1. The molecule has 0 aliphatic heterocycles. The van der Waals surface area contributed by atoms with E-state index in [2.05, 4.69) is 89.8 Å². The van der Waals surface area contributed by atoms with Crippen LogP contribution in [0.5, 0.6) is 11.5 Å². The van der Waals surface area contributed by atoms with Gasteiger partial charge in [0.1, 0.15) is 17.3 Å². The molecule has 0 unspecified atom stereocenters. The number of nitrogens with two attached hydrogens (primary N) is 2. The Bertz CT molecular complexity index is 1410. The van der Waals surface area contributed by atoms with E-state index in [4.69, 9.17) is 21.4 Å². The van der Waals surface area contributed by atoms with Crippen LogP contribution in [0.1, 0.15) is 43.4 Å². The lowest BCUT2D eigenvalue weighted by molar-refractivity contribution is 0.483. The summed E-state index contributed by atoms with van der Waals surface area (Å²) in [5, 5.41) is 3.61. The zero-order chi connectivity index (χ0) is 26.2. The van der Waals surface area contributed by atoms with Crippen LogP contribution < -0.4 is 21.8 Å². The van der Waals surface area contributed by atoms with E-state index in [0.29, 0.717) is 11.6 Å². The predicted octanol–water partition coefficient (Wildman–Crippen LogP) is 6.04. The lowest BCUT2D eigenvalue weighted by atomic mass is 10.0. The van der Waals surface area contributed by atoms with Crippen LogP contribution in [0.3, 0.4) is 0 Å². The van der Waals surface area contributed by atoms with Crippen LogP contribution in [0.2, 0.25) is 0 Å². The molecule has 4 rings (SSSR count). The van der Waals surface area contributed by atoms with Gasteiger partial charge in [-0.1, -0.05) is 48.6 Å². The summed E-state index contributed by atoms with van der Waals surface area (Å²) in [5.74, 6) is 13.5. The third kappa shape index (κ3) is 6.15. The highest BCUT2D eigenvalue weighted by Gasteiger charge is 2.06. The fourth-order valence-corrected chi connectivity index (χ4v) is 3.84. The van der Waals surface area contributed by atoms with Gasteiger partial charge in [-0.15, -0.1) is 0 Å². The van der Waals surface area contributed by atoms with Gasteiger partial charge < -0.3 is 20.6 Å². The van der Waals surface area contributed by atoms with E-state index in [1.807, 2.05) is 43.3 Å². The Morgan fingerprint density at radius 2 is 1.54 bits per heavy atom. The van der Waals surface area contributed by atoms with Gasteiger partial charge in [-0.05, 0) is 85.5 Å². The molecule has 0 fully saturated rings. The number of aryl methyl sites for hydroxylation is 1. The lowest BCUT2D eigenvalue weighted by Gasteiger charge is -2.09. The van der Waals surface area contributed by atoms with Crippen molar-refractivity contribution in [1.82, 2.24) is 15.0 Å². The summed E-state index contributed by atoms with van der Waals surface area (Å²) in [6, 6.07) is 23.8. The molecule has 0 spiro atoms. The van der Waals surface area contributed by atoms with Crippen molar-refractivity contribution in [3.05, 3.63) is 108 Å². The molecular formula is C30H32N6O. The molecule has 0 saturated carbocycles. The molecule has 7 heteroatoms. The molecule has 4 aromatic rings. The fourth-order valence-electron chi connectivity index (χ4n) is 3.84. The van der Waals surface area contributed by atoms with E-state index < -0.39 is 0 Å². The van der Waals surface area contributed by atoms with Crippen LogP contribution >= 0.6 is 0 Å². The molecule has 5 N–H and O–H groups in total. The smallest absolute Gasteiger partial charge is 0.166 e. The highest BCUT2D eigenvalue weighted by Crippen LogP contribution is 2.27. The molecule has 0 atom stereocenters. The fraction of sp³-hybridized carbons (Fsp3) is 0.133. The predicted molar refractivity (Wildman–Crippen MR) is 153 cm³/mol. The number of allylic oxidation sites excluding steroid dienone is 2. The standard InChI is InChI=1S/C30H32N6O/c1-4-21(3)28-20-36(5-2)29(33-28)19-8-22-6-9-23(10-7-22)24-11-15-26(16-12-24)37-27-17-13-25(14-18-27)30(34-31)35-32/h4,6-20H,5,31-32H2,1-3H3,(H,34,35)/b19-8+,21-4+. The molecule has 0 aliphatic rings. The van der Waals surface area contributed by atoms with Crippen molar-refractivity contribution in [1.29, 1.82) is 0 Å². The molecule has 0 radical (unpaired) electrons. The van der Waals surface area contributed by atoms with Crippen molar-refractivity contribution in [2.45, 2.75) is 27.3 Å². The number of hydrazone groups is 1. The largest absolute Gasteiger partial charge is 0.457 e. The summed E-state index contributed by atoms with van der Waals surface area (Å²) in [7, 11) is 0. The molecule has 37 heavy (non-hydrogen) atoms. The maximum Gasteiger partial charge on any atom is 0.166 e. The number of benzene rings is 3. The Balaban J connectivity index is 1.42. The van der Waals surface area contributed by atoms with E-state index in [1.165, 1.54) is 5.57 Å². The van der Waals surface area contributed by atoms with E-state index in [0.717, 1.165) is 46.1 Å². The Labute approximate surface area is 217 Å². The number of rotatable bonds is 8. The van der Waals surface area contributed by atoms with Gasteiger partial charge >= 0.3 is 0 Å². The van der Waals surface area contributed by atoms with E-state index in [1.54, 1.807) is 0 Å². The van der Waals surface area contributed by atoms with Gasteiger partial charge in [0.2, 0.25) is 0 Å². The Morgan fingerprint density at radius 3 is 2.08 bits per heavy atom. The van der Waals surface area contributed by atoms with Crippen LogP contribution in [0.4, 0.5) is 0 Å². The second-order valence-electron chi connectivity index (χ2n) is 8.47. The van der Waals surface area contributed by atoms with Gasteiger partial charge in [-0.2, -0.15) is 5.10 Å². The van der Waals surface area contributed by atoms with Crippen molar-refractivity contribution in [2.75, 3.05) is 0 Å². The number of hydrogen-bond donors (Lipinski definition) is 3. The monoisotopic (exact) mass is 492 g/mol. The SMILES string of the molecule is C/C=C(\C)c1cn(CC)c(/C=C/c2ccc(-c3ccc(Oc4ccc(/C(=N/N)NN)cc4)cc3)cc2)n1. The van der Waals surface area contributed by atoms with Crippen molar-refractivity contribution in [3.8, 4) is 22.6 Å². The first-order valence-electron chi connectivity index (χ1n) is 12.2. The minimum Gasteiger partial charge on any atom is -0.457 e. The Hall–Kier alpha value is -4.62. The molecule has 188 valence electrons. The lowest BCUT2D eigenvalue weighted by Crippen LogP contribution is -2.31. The summed E-state index contributed by atoms with van der Waals surface area (Å²) in [5.41, 5.74) is 8.80. The molecule has 0 bridgehead atoms. The number of hydrazine groups is 1. The second-order valence-corrected chi connectivity index (χ2v) is 8.47. The van der Waals surface area contributed by atoms with Gasteiger partial charge in [0, 0.05) is 18.3 Å². The Kier molecular flexibility index (Phi) is 8.18. The van der Waals surface area contributed by atoms with Crippen LogP contribution in [-0.4, -0.2) is 15.4 Å². The molecule has 3 aromatic carbocycles. The average Bonchev–Trinajstić information content (AvgIpc) is 3.37. The van der Waals surface area contributed by atoms with Gasteiger partial charge in [0.15, 0.2) is 5.84 Å². The van der Waals surface area contributed by atoms with Gasteiger partial charge in [-0.25, -0.2) is 10.8 Å². The quantitative estimate of drug-likeness (QED) is 0.120. The first-order chi connectivity index (χ1) is 18.0. The van der Waals surface area contributed by atoms with Gasteiger partial charge in [-0.3, -0.25) is 0 Å². The second kappa shape index (κ2) is 11.9.